The van der Waals surface area contributed by atoms with Gasteiger partial charge in [0.15, 0.2) is 5.96 Å². The predicted octanol–water partition coefficient (Wildman–Crippen LogP) is 2.36. The van der Waals surface area contributed by atoms with Gasteiger partial charge in [0.1, 0.15) is 5.82 Å². The van der Waals surface area contributed by atoms with E-state index in [9.17, 15) is 4.39 Å². The number of benzene rings is 1. The minimum Gasteiger partial charge on any atom is -0.379 e. The van der Waals surface area contributed by atoms with Crippen LogP contribution in [0.3, 0.4) is 0 Å². The largest absolute Gasteiger partial charge is 0.379 e. The van der Waals surface area contributed by atoms with E-state index in [1.807, 2.05) is 12.1 Å². The third-order valence-corrected chi connectivity index (χ3v) is 5.02. The molecule has 1 aliphatic carbocycles. The highest BCUT2D eigenvalue weighted by Crippen LogP contribution is 2.48. The summed E-state index contributed by atoms with van der Waals surface area (Å²) in [5.74, 6) is 0.685. The van der Waals surface area contributed by atoms with Crippen LogP contribution in [-0.2, 0) is 10.2 Å². The minimum absolute atomic E-state index is 0. The number of hydrogen-bond donors (Lipinski definition) is 2. The molecule has 1 heterocycles. The third kappa shape index (κ3) is 6.06. The smallest absolute Gasteiger partial charge is 0.191 e. The Bertz CT molecular complexity index is 571. The summed E-state index contributed by atoms with van der Waals surface area (Å²) < 4.78 is 18.5. The lowest BCUT2D eigenvalue weighted by Gasteiger charge is -2.26. The van der Waals surface area contributed by atoms with Crippen LogP contribution in [0, 0.1) is 5.82 Å². The highest BCUT2D eigenvalue weighted by molar-refractivity contribution is 14.0. The second-order valence-corrected chi connectivity index (χ2v) is 6.86. The maximum absolute atomic E-state index is 13.1. The van der Waals surface area contributed by atoms with Crippen molar-refractivity contribution in [3.63, 3.8) is 0 Å². The Kier molecular flexibility index (Phi) is 8.56. The molecule has 2 fully saturated rings. The van der Waals surface area contributed by atoms with Gasteiger partial charge >= 0.3 is 0 Å². The van der Waals surface area contributed by atoms with E-state index in [1.165, 1.54) is 5.56 Å². The van der Waals surface area contributed by atoms with Gasteiger partial charge in [-0.2, -0.15) is 0 Å². The van der Waals surface area contributed by atoms with Crippen LogP contribution in [0.15, 0.2) is 29.3 Å². The number of morpholine rings is 1. The van der Waals surface area contributed by atoms with Crippen molar-refractivity contribution in [2.24, 2.45) is 4.99 Å². The molecule has 0 unspecified atom stereocenters. The summed E-state index contributed by atoms with van der Waals surface area (Å²) in [7, 11) is 0. The maximum atomic E-state index is 13.1. The topological polar surface area (TPSA) is 48.9 Å². The van der Waals surface area contributed by atoms with Crippen molar-refractivity contribution in [1.29, 1.82) is 0 Å². The van der Waals surface area contributed by atoms with Gasteiger partial charge < -0.3 is 15.4 Å². The quantitative estimate of drug-likeness (QED) is 0.361. The zero-order valence-corrected chi connectivity index (χ0v) is 17.8. The Morgan fingerprint density at radius 1 is 1.19 bits per heavy atom. The molecule has 0 amide bonds. The molecule has 7 heteroatoms. The lowest BCUT2D eigenvalue weighted by atomic mass is 9.96. The zero-order chi connectivity index (χ0) is 17.5. The Balaban J connectivity index is 0.00000243. The van der Waals surface area contributed by atoms with Crippen molar-refractivity contribution in [2.45, 2.75) is 25.2 Å². The summed E-state index contributed by atoms with van der Waals surface area (Å²) in [5.41, 5.74) is 1.29. The van der Waals surface area contributed by atoms with E-state index in [1.54, 1.807) is 12.1 Å². The fraction of sp³-hybridized carbons (Fsp3) is 0.632. The predicted molar refractivity (Wildman–Crippen MR) is 114 cm³/mol. The molecule has 1 aliphatic heterocycles. The van der Waals surface area contributed by atoms with Gasteiger partial charge in [0.2, 0.25) is 0 Å². The molecule has 1 aromatic carbocycles. The molecule has 26 heavy (non-hydrogen) atoms. The van der Waals surface area contributed by atoms with Crippen LogP contribution in [0.25, 0.3) is 0 Å². The molecule has 1 aromatic rings. The van der Waals surface area contributed by atoms with Crippen molar-refractivity contribution in [2.75, 3.05) is 52.5 Å². The number of hydrogen-bond acceptors (Lipinski definition) is 3. The van der Waals surface area contributed by atoms with Crippen LogP contribution >= 0.6 is 24.0 Å². The van der Waals surface area contributed by atoms with Crippen LogP contribution in [0.5, 0.6) is 0 Å². The highest BCUT2D eigenvalue weighted by atomic mass is 127. The van der Waals surface area contributed by atoms with E-state index in [2.05, 4.69) is 22.5 Å². The van der Waals surface area contributed by atoms with Gasteiger partial charge in [0, 0.05) is 38.1 Å². The Hall–Kier alpha value is -0.930. The van der Waals surface area contributed by atoms with E-state index < -0.39 is 0 Å². The van der Waals surface area contributed by atoms with Crippen molar-refractivity contribution in [3.8, 4) is 0 Å². The highest BCUT2D eigenvalue weighted by Gasteiger charge is 2.44. The normalized spacial score (nSPS) is 19.5. The lowest BCUT2D eigenvalue weighted by Crippen LogP contribution is -2.44. The first-order chi connectivity index (χ1) is 12.2. The van der Waals surface area contributed by atoms with Gasteiger partial charge in [-0.05, 0) is 37.5 Å². The Morgan fingerprint density at radius 3 is 2.50 bits per heavy atom. The average molecular weight is 476 g/mol. The average Bonchev–Trinajstić information content (AvgIpc) is 3.42. The molecule has 0 spiro atoms. The first kappa shape index (κ1) is 21.4. The van der Waals surface area contributed by atoms with E-state index in [0.29, 0.717) is 0 Å². The fourth-order valence-corrected chi connectivity index (χ4v) is 3.22. The van der Waals surface area contributed by atoms with E-state index in [4.69, 9.17) is 9.73 Å². The number of ether oxygens (including phenoxy) is 1. The van der Waals surface area contributed by atoms with Crippen molar-refractivity contribution < 1.29 is 9.13 Å². The minimum atomic E-state index is -0.179. The number of guanidine groups is 1. The van der Waals surface area contributed by atoms with Gasteiger partial charge in [-0.15, -0.1) is 24.0 Å². The summed E-state index contributed by atoms with van der Waals surface area (Å²) in [6, 6.07) is 6.89. The summed E-state index contributed by atoms with van der Waals surface area (Å²) in [4.78, 5) is 7.19. The molecule has 0 radical (unpaired) electrons. The molecule has 1 saturated carbocycles. The van der Waals surface area contributed by atoms with Gasteiger partial charge in [-0.3, -0.25) is 9.89 Å². The first-order valence-corrected chi connectivity index (χ1v) is 9.30. The van der Waals surface area contributed by atoms with Crippen LogP contribution in [0.1, 0.15) is 25.3 Å². The van der Waals surface area contributed by atoms with Crippen molar-refractivity contribution in [1.82, 2.24) is 15.5 Å². The molecule has 0 aromatic heterocycles. The van der Waals surface area contributed by atoms with Crippen molar-refractivity contribution >= 4 is 29.9 Å². The molecule has 146 valence electrons. The summed E-state index contributed by atoms with van der Waals surface area (Å²) in [5, 5.41) is 6.74. The molecule has 3 rings (SSSR count). The van der Waals surface area contributed by atoms with E-state index in [0.717, 1.165) is 71.3 Å². The Morgan fingerprint density at radius 2 is 1.88 bits per heavy atom. The molecule has 0 bridgehead atoms. The number of rotatable bonds is 7. The van der Waals surface area contributed by atoms with Crippen molar-refractivity contribution in [3.05, 3.63) is 35.6 Å². The molecular weight excluding hydrogens is 446 g/mol. The van der Waals surface area contributed by atoms with Crippen LogP contribution in [-0.4, -0.2) is 63.3 Å². The lowest BCUT2D eigenvalue weighted by molar-refractivity contribution is 0.0389. The standard InChI is InChI=1S/C19H29FN4O.HI/c1-2-21-18(22-9-10-24-11-13-25-14-12-24)23-15-19(7-8-19)16-3-5-17(20)6-4-16;/h3-6H,2,7-15H2,1H3,(H2,21,22,23);1H. The molecular formula is C19H30FIN4O. The first-order valence-electron chi connectivity index (χ1n) is 9.30. The second-order valence-electron chi connectivity index (χ2n) is 6.86. The SMILES string of the molecule is CCNC(=NCC1(c2ccc(F)cc2)CC1)NCCN1CCOCC1.I. The maximum Gasteiger partial charge on any atom is 0.191 e. The number of nitrogens with zero attached hydrogens (tertiary/aromatic N) is 2. The van der Waals surface area contributed by atoms with Gasteiger partial charge in [-0.1, -0.05) is 12.1 Å². The third-order valence-electron chi connectivity index (χ3n) is 5.02. The molecule has 2 aliphatic rings. The summed E-state index contributed by atoms with van der Waals surface area (Å²) in [6.45, 7) is 9.19. The molecule has 0 atom stereocenters. The zero-order valence-electron chi connectivity index (χ0n) is 15.5. The molecule has 5 nitrogen and oxygen atoms in total. The monoisotopic (exact) mass is 476 g/mol. The van der Waals surface area contributed by atoms with Crippen LogP contribution in [0.4, 0.5) is 4.39 Å². The Labute approximate surface area is 172 Å². The van der Waals surface area contributed by atoms with Gasteiger partial charge in [-0.25, -0.2) is 4.39 Å². The molecule has 2 N–H and O–H groups in total. The number of halogens is 2. The van der Waals surface area contributed by atoms with Gasteiger partial charge in [0.25, 0.3) is 0 Å². The number of nitrogens with one attached hydrogen (secondary N) is 2. The summed E-state index contributed by atoms with van der Waals surface area (Å²) in [6.07, 6.45) is 2.24. The van der Waals surface area contributed by atoms with Crippen LogP contribution in [0.2, 0.25) is 0 Å². The van der Waals surface area contributed by atoms with Gasteiger partial charge in [0.05, 0.1) is 19.8 Å². The second kappa shape index (κ2) is 10.4. The van der Waals surface area contributed by atoms with Crippen LogP contribution < -0.4 is 10.6 Å². The number of aliphatic imine (C=N–C) groups is 1. The fourth-order valence-electron chi connectivity index (χ4n) is 3.22. The summed E-state index contributed by atoms with van der Waals surface area (Å²) >= 11 is 0. The van der Waals surface area contributed by atoms with E-state index in [-0.39, 0.29) is 35.2 Å². The van der Waals surface area contributed by atoms with E-state index >= 15 is 0 Å². The molecule has 1 saturated heterocycles.